The van der Waals surface area contributed by atoms with E-state index in [2.05, 4.69) is 5.32 Å². The third-order valence-corrected chi connectivity index (χ3v) is 3.55. The molecule has 2 rings (SSSR count). The number of carbonyl (C=O) groups is 1. The zero-order valence-corrected chi connectivity index (χ0v) is 14.6. The van der Waals surface area contributed by atoms with Gasteiger partial charge in [-0.1, -0.05) is 12.1 Å². The minimum atomic E-state index is -0.467. The predicted octanol–water partition coefficient (Wildman–Crippen LogP) is 3.71. The SMILES string of the molecule is CCOC(=O)/C(=C\Cc1ccc([N+](=O)[O-])cc1)Nc1ccc(OC)cc1. The molecule has 0 amide bonds. The molecule has 0 aliphatic carbocycles. The molecule has 0 saturated heterocycles. The van der Waals surface area contributed by atoms with E-state index in [0.29, 0.717) is 23.6 Å². The first kappa shape index (κ1) is 19.0. The standard InChI is InChI=1S/C19H20N2O5/c1-3-26-19(22)18(20-15-7-11-17(25-2)12-8-15)13-6-14-4-9-16(10-5-14)21(23)24/h4-5,7-13,20H,3,6H2,1-2H3/b18-13+. The fraction of sp³-hybridized carbons (Fsp3) is 0.211. The van der Waals surface area contributed by atoms with Gasteiger partial charge >= 0.3 is 5.97 Å². The molecule has 0 aliphatic heterocycles. The molecule has 2 aromatic carbocycles. The number of esters is 1. The Bertz CT molecular complexity index is 783. The normalized spacial score (nSPS) is 10.9. The summed E-state index contributed by atoms with van der Waals surface area (Å²) in [5.41, 5.74) is 1.89. The fourth-order valence-electron chi connectivity index (χ4n) is 2.20. The average Bonchev–Trinajstić information content (AvgIpc) is 2.66. The third-order valence-electron chi connectivity index (χ3n) is 3.55. The number of nitro groups is 1. The fourth-order valence-corrected chi connectivity index (χ4v) is 2.20. The molecule has 0 aromatic heterocycles. The molecule has 2 aromatic rings. The Morgan fingerprint density at radius 2 is 1.81 bits per heavy atom. The van der Waals surface area contributed by atoms with Crippen LogP contribution in [0.5, 0.6) is 5.75 Å². The lowest BCUT2D eigenvalue weighted by atomic mass is 10.1. The van der Waals surface area contributed by atoms with Gasteiger partial charge in [0.05, 0.1) is 18.6 Å². The lowest BCUT2D eigenvalue weighted by molar-refractivity contribution is -0.384. The number of rotatable bonds is 8. The summed E-state index contributed by atoms with van der Waals surface area (Å²) < 4.78 is 10.2. The number of ether oxygens (including phenoxy) is 2. The topological polar surface area (TPSA) is 90.7 Å². The molecule has 0 aliphatic rings. The molecule has 0 bridgehead atoms. The van der Waals surface area contributed by atoms with Gasteiger partial charge in [0, 0.05) is 17.8 Å². The molecule has 7 nitrogen and oxygen atoms in total. The van der Waals surface area contributed by atoms with Crippen LogP contribution in [-0.4, -0.2) is 24.6 Å². The third kappa shape index (κ3) is 5.34. The number of anilines is 1. The van der Waals surface area contributed by atoms with Crippen molar-refractivity contribution in [2.45, 2.75) is 13.3 Å². The average molecular weight is 356 g/mol. The molecular formula is C19H20N2O5. The van der Waals surface area contributed by atoms with Crippen LogP contribution in [0.25, 0.3) is 0 Å². The molecule has 0 fully saturated rings. The second-order valence-electron chi connectivity index (χ2n) is 5.32. The van der Waals surface area contributed by atoms with E-state index in [9.17, 15) is 14.9 Å². The monoisotopic (exact) mass is 356 g/mol. The zero-order chi connectivity index (χ0) is 18.9. The second kappa shape index (κ2) is 9.22. The Morgan fingerprint density at radius 1 is 1.15 bits per heavy atom. The number of nitrogens with one attached hydrogen (secondary N) is 1. The molecule has 0 spiro atoms. The lowest BCUT2D eigenvalue weighted by Gasteiger charge is -2.11. The van der Waals surface area contributed by atoms with Crippen LogP contribution in [0.4, 0.5) is 11.4 Å². The van der Waals surface area contributed by atoms with E-state index < -0.39 is 10.9 Å². The van der Waals surface area contributed by atoms with E-state index in [0.717, 1.165) is 5.56 Å². The summed E-state index contributed by atoms with van der Waals surface area (Å²) in [6.45, 7) is 2.00. The van der Waals surface area contributed by atoms with E-state index >= 15 is 0 Å². The smallest absolute Gasteiger partial charge is 0.354 e. The number of hydrogen-bond donors (Lipinski definition) is 1. The maximum atomic E-state index is 12.2. The number of allylic oxidation sites excluding steroid dienone is 1. The van der Waals surface area contributed by atoms with Gasteiger partial charge in [-0.25, -0.2) is 4.79 Å². The van der Waals surface area contributed by atoms with Gasteiger partial charge in [0.1, 0.15) is 11.4 Å². The molecule has 0 unspecified atom stereocenters. The lowest BCUT2D eigenvalue weighted by Crippen LogP contribution is -2.15. The minimum Gasteiger partial charge on any atom is -0.497 e. The predicted molar refractivity (Wildman–Crippen MR) is 98.1 cm³/mol. The van der Waals surface area contributed by atoms with E-state index in [1.807, 2.05) is 0 Å². The van der Waals surface area contributed by atoms with Crippen LogP contribution in [0.15, 0.2) is 60.3 Å². The highest BCUT2D eigenvalue weighted by molar-refractivity contribution is 5.91. The molecule has 136 valence electrons. The maximum absolute atomic E-state index is 12.2. The molecule has 26 heavy (non-hydrogen) atoms. The van der Waals surface area contributed by atoms with Crippen LogP contribution in [0.1, 0.15) is 12.5 Å². The van der Waals surface area contributed by atoms with Gasteiger partial charge in [0.25, 0.3) is 5.69 Å². The molecule has 0 atom stereocenters. The summed E-state index contributed by atoms with van der Waals surface area (Å²) in [7, 11) is 1.58. The Hall–Kier alpha value is -3.35. The van der Waals surface area contributed by atoms with Crippen molar-refractivity contribution in [2.24, 2.45) is 0 Å². The van der Waals surface area contributed by atoms with Crippen LogP contribution >= 0.6 is 0 Å². The summed E-state index contributed by atoms with van der Waals surface area (Å²) in [6, 6.07) is 13.3. The summed E-state index contributed by atoms with van der Waals surface area (Å²) in [5, 5.41) is 13.7. The van der Waals surface area contributed by atoms with E-state index in [-0.39, 0.29) is 12.3 Å². The van der Waals surface area contributed by atoms with Crippen molar-refractivity contribution in [3.05, 3.63) is 76.0 Å². The largest absolute Gasteiger partial charge is 0.497 e. The number of hydrogen-bond acceptors (Lipinski definition) is 6. The number of nitro benzene ring substituents is 1. The second-order valence-corrected chi connectivity index (χ2v) is 5.32. The van der Waals surface area contributed by atoms with E-state index in [1.54, 1.807) is 56.5 Å². The molecule has 1 N–H and O–H groups in total. The van der Waals surface area contributed by atoms with Crippen LogP contribution in [-0.2, 0) is 16.0 Å². The van der Waals surface area contributed by atoms with Crippen molar-refractivity contribution < 1.29 is 19.2 Å². The highest BCUT2D eigenvalue weighted by atomic mass is 16.6. The number of nitrogens with zero attached hydrogens (tertiary/aromatic N) is 1. The van der Waals surface area contributed by atoms with E-state index in [1.165, 1.54) is 12.1 Å². The van der Waals surface area contributed by atoms with Crippen molar-refractivity contribution in [3.63, 3.8) is 0 Å². The molecular weight excluding hydrogens is 336 g/mol. The van der Waals surface area contributed by atoms with Gasteiger partial charge in [-0.3, -0.25) is 10.1 Å². The van der Waals surface area contributed by atoms with Gasteiger partial charge in [0.2, 0.25) is 0 Å². The van der Waals surface area contributed by atoms with Gasteiger partial charge in [0.15, 0.2) is 0 Å². The van der Waals surface area contributed by atoms with Gasteiger partial charge in [-0.2, -0.15) is 0 Å². The highest BCUT2D eigenvalue weighted by Gasteiger charge is 2.11. The summed E-state index contributed by atoms with van der Waals surface area (Å²) in [5.74, 6) is 0.244. The van der Waals surface area contributed by atoms with Crippen molar-refractivity contribution in [1.29, 1.82) is 0 Å². The van der Waals surface area contributed by atoms with E-state index in [4.69, 9.17) is 9.47 Å². The Morgan fingerprint density at radius 3 is 2.35 bits per heavy atom. The first-order valence-corrected chi connectivity index (χ1v) is 8.05. The summed E-state index contributed by atoms with van der Waals surface area (Å²) >= 11 is 0. The maximum Gasteiger partial charge on any atom is 0.354 e. The quantitative estimate of drug-likeness (QED) is 0.336. The van der Waals surface area contributed by atoms with Crippen molar-refractivity contribution in [1.82, 2.24) is 0 Å². The van der Waals surface area contributed by atoms with Crippen molar-refractivity contribution >= 4 is 17.3 Å². The number of carbonyl (C=O) groups excluding carboxylic acids is 1. The van der Waals surface area contributed by atoms with Gasteiger partial charge in [-0.15, -0.1) is 0 Å². The number of benzene rings is 2. The Kier molecular flexibility index (Phi) is 6.73. The summed E-state index contributed by atoms with van der Waals surface area (Å²) in [6.07, 6.45) is 2.12. The van der Waals surface area contributed by atoms with Crippen LogP contribution in [0.2, 0.25) is 0 Å². The minimum absolute atomic E-state index is 0.0275. The first-order valence-electron chi connectivity index (χ1n) is 8.05. The molecule has 0 saturated carbocycles. The molecule has 0 radical (unpaired) electrons. The molecule has 7 heteroatoms. The van der Waals surface area contributed by atoms with Gasteiger partial charge in [-0.05, 0) is 49.2 Å². The van der Waals surface area contributed by atoms with Crippen LogP contribution < -0.4 is 10.1 Å². The molecule has 0 heterocycles. The van der Waals surface area contributed by atoms with Gasteiger partial charge < -0.3 is 14.8 Å². The van der Waals surface area contributed by atoms with Crippen LogP contribution in [0, 0.1) is 10.1 Å². The first-order chi connectivity index (χ1) is 12.5. The van der Waals surface area contributed by atoms with Crippen molar-refractivity contribution in [2.75, 3.05) is 19.0 Å². The zero-order valence-electron chi connectivity index (χ0n) is 14.6. The number of methoxy groups -OCH3 is 1. The highest BCUT2D eigenvalue weighted by Crippen LogP contribution is 2.18. The Balaban J connectivity index is 2.15. The number of non-ortho nitro benzene ring substituents is 1. The van der Waals surface area contributed by atoms with Crippen LogP contribution in [0.3, 0.4) is 0 Å². The summed E-state index contributed by atoms with van der Waals surface area (Å²) in [4.78, 5) is 22.4. The Labute approximate surface area is 151 Å². The van der Waals surface area contributed by atoms with Crippen molar-refractivity contribution in [3.8, 4) is 5.75 Å².